The first-order valence-corrected chi connectivity index (χ1v) is 6.73. The molecule has 0 aromatic heterocycles. The Hall–Kier alpha value is -1.88. The summed E-state index contributed by atoms with van der Waals surface area (Å²) in [5.74, 6) is -0.766. The van der Waals surface area contributed by atoms with E-state index in [0.29, 0.717) is 13.0 Å². The first-order valence-electron chi connectivity index (χ1n) is 6.73. The summed E-state index contributed by atoms with van der Waals surface area (Å²) in [5, 5.41) is 11.7. The van der Waals surface area contributed by atoms with Crippen molar-refractivity contribution in [2.75, 3.05) is 13.7 Å². The summed E-state index contributed by atoms with van der Waals surface area (Å²) < 4.78 is 5.14. The van der Waals surface area contributed by atoms with Crippen molar-refractivity contribution in [3.63, 3.8) is 0 Å². The Labute approximate surface area is 117 Å². The number of ether oxygens (including phenoxy) is 1. The van der Waals surface area contributed by atoms with Gasteiger partial charge in [-0.3, -0.25) is 4.79 Å². The normalized spacial score (nSPS) is 21.1. The molecule has 5 heteroatoms. The van der Waals surface area contributed by atoms with E-state index in [0.717, 1.165) is 18.4 Å². The second-order valence-corrected chi connectivity index (χ2v) is 5.07. The highest BCUT2D eigenvalue weighted by atomic mass is 16.5. The molecule has 2 N–H and O–H groups in total. The number of carbonyl (C=O) groups excluding carboxylic acids is 1. The van der Waals surface area contributed by atoms with E-state index >= 15 is 0 Å². The molecule has 0 spiro atoms. The number of carboxylic acids is 1. The molecule has 0 unspecified atom stereocenters. The van der Waals surface area contributed by atoms with Crippen LogP contribution in [0.2, 0.25) is 0 Å². The molecule has 20 heavy (non-hydrogen) atoms. The number of hydrogen-bond donors (Lipinski definition) is 2. The maximum Gasteiger partial charge on any atom is 0.335 e. The second kappa shape index (κ2) is 6.52. The molecular formula is C15H19NO4. The lowest BCUT2D eigenvalue weighted by Gasteiger charge is -2.32. The monoisotopic (exact) mass is 277 g/mol. The van der Waals surface area contributed by atoms with Gasteiger partial charge in [-0.2, -0.15) is 0 Å². The lowest BCUT2D eigenvalue weighted by molar-refractivity contribution is -0.132. The number of carbonyl (C=O) groups is 2. The lowest BCUT2D eigenvalue weighted by Crippen LogP contribution is -2.42. The quantitative estimate of drug-likeness (QED) is 0.825. The number of amides is 1. The zero-order valence-corrected chi connectivity index (χ0v) is 11.5. The first-order chi connectivity index (χ1) is 9.60. The Bertz CT molecular complexity index is 477. The van der Waals surface area contributed by atoms with Crippen LogP contribution in [0, 0.1) is 5.92 Å². The van der Waals surface area contributed by atoms with Crippen LogP contribution in [0.25, 0.3) is 0 Å². The van der Waals surface area contributed by atoms with Gasteiger partial charge >= 0.3 is 5.97 Å². The first kappa shape index (κ1) is 14.5. The fourth-order valence-corrected chi connectivity index (χ4v) is 2.26. The van der Waals surface area contributed by atoms with E-state index in [-0.39, 0.29) is 23.5 Å². The average Bonchev–Trinajstić information content (AvgIpc) is 2.38. The molecule has 0 heterocycles. The van der Waals surface area contributed by atoms with Crippen LogP contribution < -0.4 is 5.32 Å². The molecule has 0 radical (unpaired) electrons. The highest BCUT2D eigenvalue weighted by molar-refractivity contribution is 5.87. The van der Waals surface area contributed by atoms with E-state index in [1.54, 1.807) is 31.4 Å². The summed E-state index contributed by atoms with van der Waals surface area (Å²) in [7, 11) is 1.67. The third kappa shape index (κ3) is 3.57. The van der Waals surface area contributed by atoms with Crippen LogP contribution in [-0.2, 0) is 16.0 Å². The van der Waals surface area contributed by atoms with E-state index in [2.05, 4.69) is 5.32 Å². The molecule has 0 bridgehead atoms. The molecule has 2 rings (SSSR count). The van der Waals surface area contributed by atoms with Gasteiger partial charge in [0.2, 0.25) is 5.91 Å². The van der Waals surface area contributed by atoms with Crippen molar-refractivity contribution in [3.05, 3.63) is 35.4 Å². The number of carboxylic acid groups (broad SMARTS) is 1. The van der Waals surface area contributed by atoms with Gasteiger partial charge in [0.05, 0.1) is 11.7 Å². The predicted octanol–water partition coefficient (Wildman–Crippen LogP) is 1.47. The molecule has 1 fully saturated rings. The van der Waals surface area contributed by atoms with Gasteiger partial charge in [0, 0.05) is 19.6 Å². The molecule has 1 saturated carbocycles. The topological polar surface area (TPSA) is 75.6 Å². The maximum absolute atomic E-state index is 11.8. The van der Waals surface area contributed by atoms with Crippen molar-refractivity contribution in [2.45, 2.75) is 25.4 Å². The minimum atomic E-state index is -0.928. The minimum absolute atomic E-state index is 0.0781. The molecule has 1 aromatic carbocycles. The number of benzene rings is 1. The average molecular weight is 277 g/mol. The summed E-state index contributed by atoms with van der Waals surface area (Å²) in [4.78, 5) is 22.5. The van der Waals surface area contributed by atoms with Crippen molar-refractivity contribution in [3.8, 4) is 0 Å². The molecule has 0 atom stereocenters. The van der Waals surface area contributed by atoms with Crippen molar-refractivity contribution in [2.24, 2.45) is 5.92 Å². The maximum atomic E-state index is 11.8. The van der Waals surface area contributed by atoms with E-state index in [1.807, 2.05) is 0 Å². The van der Waals surface area contributed by atoms with Crippen LogP contribution in [0.4, 0.5) is 0 Å². The molecule has 108 valence electrons. The molecule has 0 saturated heterocycles. The van der Waals surface area contributed by atoms with E-state index in [1.165, 1.54) is 0 Å². The van der Waals surface area contributed by atoms with Crippen molar-refractivity contribution >= 4 is 11.9 Å². The van der Waals surface area contributed by atoms with Crippen LogP contribution in [-0.4, -0.2) is 36.7 Å². The highest BCUT2D eigenvalue weighted by Crippen LogP contribution is 2.29. The third-order valence-electron chi connectivity index (χ3n) is 3.71. The van der Waals surface area contributed by atoms with Crippen LogP contribution in [0.15, 0.2) is 24.3 Å². The summed E-state index contributed by atoms with van der Waals surface area (Å²) in [6.45, 7) is 0.569. The minimum Gasteiger partial charge on any atom is -0.478 e. The Morgan fingerprint density at radius 1 is 1.30 bits per heavy atom. The van der Waals surface area contributed by atoms with Crippen LogP contribution in [0.3, 0.4) is 0 Å². The molecule has 0 aliphatic heterocycles. The standard InChI is InChI=1S/C15H19NO4/c1-20-13-8-12(9-13)14(17)16-7-6-10-2-4-11(5-3-10)15(18)19/h2-5,12-13H,6-9H2,1H3,(H,16,17)(H,18,19). The SMILES string of the molecule is COC1CC(C(=O)NCCc2ccc(C(=O)O)cc2)C1. The summed E-state index contributed by atoms with van der Waals surface area (Å²) in [6.07, 6.45) is 2.53. The molecular weight excluding hydrogens is 258 g/mol. The van der Waals surface area contributed by atoms with Gasteiger partial charge in [-0.05, 0) is 37.0 Å². The fourth-order valence-electron chi connectivity index (χ4n) is 2.26. The molecule has 1 aliphatic carbocycles. The number of methoxy groups -OCH3 is 1. The van der Waals surface area contributed by atoms with Gasteiger partial charge in [0.15, 0.2) is 0 Å². The Kier molecular flexibility index (Phi) is 4.74. The second-order valence-electron chi connectivity index (χ2n) is 5.07. The van der Waals surface area contributed by atoms with Gasteiger partial charge in [0.25, 0.3) is 0 Å². The molecule has 5 nitrogen and oxygen atoms in total. The van der Waals surface area contributed by atoms with Crippen LogP contribution in [0.1, 0.15) is 28.8 Å². The van der Waals surface area contributed by atoms with Crippen LogP contribution in [0.5, 0.6) is 0 Å². The number of aromatic carboxylic acids is 1. The Balaban J connectivity index is 1.70. The van der Waals surface area contributed by atoms with Gasteiger partial charge < -0.3 is 15.2 Å². The zero-order chi connectivity index (χ0) is 14.5. The van der Waals surface area contributed by atoms with Gasteiger partial charge in [0.1, 0.15) is 0 Å². The molecule has 1 aromatic rings. The highest BCUT2D eigenvalue weighted by Gasteiger charge is 2.34. The molecule has 1 amide bonds. The lowest BCUT2D eigenvalue weighted by atomic mass is 9.81. The van der Waals surface area contributed by atoms with E-state index in [9.17, 15) is 9.59 Å². The largest absolute Gasteiger partial charge is 0.478 e. The van der Waals surface area contributed by atoms with Crippen LogP contribution >= 0.6 is 0 Å². The third-order valence-corrected chi connectivity index (χ3v) is 3.71. The number of hydrogen-bond acceptors (Lipinski definition) is 3. The fraction of sp³-hybridized carbons (Fsp3) is 0.467. The summed E-state index contributed by atoms with van der Waals surface area (Å²) >= 11 is 0. The number of nitrogens with one attached hydrogen (secondary N) is 1. The van der Waals surface area contributed by atoms with E-state index in [4.69, 9.17) is 9.84 Å². The van der Waals surface area contributed by atoms with Crippen molar-refractivity contribution in [1.82, 2.24) is 5.32 Å². The zero-order valence-electron chi connectivity index (χ0n) is 11.5. The van der Waals surface area contributed by atoms with Crippen molar-refractivity contribution in [1.29, 1.82) is 0 Å². The summed E-state index contributed by atoms with van der Waals surface area (Å²) in [5.41, 5.74) is 1.29. The Morgan fingerprint density at radius 3 is 2.50 bits per heavy atom. The van der Waals surface area contributed by atoms with Gasteiger partial charge in [-0.1, -0.05) is 12.1 Å². The van der Waals surface area contributed by atoms with Gasteiger partial charge in [-0.25, -0.2) is 4.79 Å². The number of rotatable bonds is 6. The van der Waals surface area contributed by atoms with Gasteiger partial charge in [-0.15, -0.1) is 0 Å². The molecule has 1 aliphatic rings. The summed E-state index contributed by atoms with van der Waals surface area (Å²) in [6, 6.07) is 6.71. The van der Waals surface area contributed by atoms with Crippen molar-refractivity contribution < 1.29 is 19.4 Å². The van der Waals surface area contributed by atoms with E-state index < -0.39 is 5.97 Å². The predicted molar refractivity (Wildman–Crippen MR) is 73.6 cm³/mol. The Morgan fingerprint density at radius 2 is 1.95 bits per heavy atom. The smallest absolute Gasteiger partial charge is 0.335 e.